The Morgan fingerprint density at radius 2 is 1.71 bits per heavy atom. The van der Waals surface area contributed by atoms with E-state index in [1.165, 1.54) is 0 Å². The summed E-state index contributed by atoms with van der Waals surface area (Å²) in [5, 5.41) is 4.40. The zero-order valence-corrected chi connectivity index (χ0v) is 10.9. The van der Waals surface area contributed by atoms with Crippen molar-refractivity contribution in [2.45, 2.75) is 20.8 Å². The zero-order valence-electron chi connectivity index (χ0n) is 10.9. The maximum absolute atomic E-state index is 4.49. The van der Waals surface area contributed by atoms with Crippen molar-refractivity contribution in [1.29, 1.82) is 0 Å². The van der Waals surface area contributed by atoms with Crippen molar-refractivity contribution in [1.82, 2.24) is 19.7 Å². The van der Waals surface area contributed by atoms with Crippen LogP contribution in [-0.2, 0) is 0 Å². The number of aryl methyl sites for hydroxylation is 3. The van der Waals surface area contributed by atoms with E-state index in [4.69, 9.17) is 0 Å². The molecule has 0 atom stereocenters. The first kappa shape index (κ1) is 11.6. The van der Waals surface area contributed by atoms with E-state index in [2.05, 4.69) is 15.1 Å². The summed E-state index contributed by atoms with van der Waals surface area (Å²) >= 11 is 0. The van der Waals surface area contributed by atoms with Crippen molar-refractivity contribution in [3.05, 3.63) is 29.2 Å². The van der Waals surface area contributed by atoms with Crippen LogP contribution in [0.5, 0.6) is 0 Å². The van der Waals surface area contributed by atoms with Crippen LogP contribution in [0.15, 0.2) is 12.1 Å². The first-order valence-corrected chi connectivity index (χ1v) is 5.54. The molecule has 0 aliphatic heterocycles. The number of hydrogen-bond acceptors (Lipinski definition) is 4. The van der Waals surface area contributed by atoms with Crippen molar-refractivity contribution in [2.75, 3.05) is 19.0 Å². The molecule has 0 unspecified atom stereocenters. The second kappa shape index (κ2) is 4.16. The lowest BCUT2D eigenvalue weighted by molar-refractivity contribution is 0.765. The highest BCUT2D eigenvalue weighted by atomic mass is 15.4. The minimum Gasteiger partial charge on any atom is -0.363 e. The van der Waals surface area contributed by atoms with Crippen molar-refractivity contribution in [2.24, 2.45) is 0 Å². The van der Waals surface area contributed by atoms with Gasteiger partial charge in [0.05, 0.1) is 5.69 Å². The van der Waals surface area contributed by atoms with Gasteiger partial charge in [-0.25, -0.2) is 9.67 Å². The van der Waals surface area contributed by atoms with Crippen LogP contribution in [-0.4, -0.2) is 33.8 Å². The van der Waals surface area contributed by atoms with Crippen LogP contribution in [0.3, 0.4) is 0 Å². The van der Waals surface area contributed by atoms with Gasteiger partial charge < -0.3 is 4.90 Å². The number of anilines is 1. The van der Waals surface area contributed by atoms with Gasteiger partial charge in [0.15, 0.2) is 0 Å². The first-order chi connectivity index (χ1) is 7.97. The van der Waals surface area contributed by atoms with E-state index in [0.29, 0.717) is 5.95 Å². The van der Waals surface area contributed by atoms with Crippen LogP contribution >= 0.6 is 0 Å². The van der Waals surface area contributed by atoms with E-state index in [1.807, 2.05) is 51.9 Å². The third kappa shape index (κ3) is 2.27. The summed E-state index contributed by atoms with van der Waals surface area (Å²) in [6.45, 7) is 5.93. The summed E-state index contributed by atoms with van der Waals surface area (Å²) in [4.78, 5) is 10.9. The molecule has 0 aliphatic carbocycles. The third-order valence-corrected chi connectivity index (χ3v) is 2.49. The second-order valence-corrected chi connectivity index (χ2v) is 4.40. The highest BCUT2D eigenvalue weighted by Gasteiger charge is 2.09. The van der Waals surface area contributed by atoms with Crippen molar-refractivity contribution < 1.29 is 0 Å². The molecule has 0 radical (unpaired) electrons. The molecule has 17 heavy (non-hydrogen) atoms. The van der Waals surface area contributed by atoms with E-state index < -0.39 is 0 Å². The molecule has 0 bridgehead atoms. The largest absolute Gasteiger partial charge is 0.363 e. The lowest BCUT2D eigenvalue weighted by atomic mass is 10.4. The Labute approximate surface area is 101 Å². The molecular weight excluding hydrogens is 214 g/mol. The summed E-state index contributed by atoms with van der Waals surface area (Å²) in [5.41, 5.74) is 2.95. The fourth-order valence-corrected chi connectivity index (χ4v) is 1.69. The number of aromatic nitrogens is 4. The summed E-state index contributed by atoms with van der Waals surface area (Å²) in [6, 6.07) is 3.97. The van der Waals surface area contributed by atoms with Gasteiger partial charge in [0.1, 0.15) is 5.82 Å². The Morgan fingerprint density at radius 3 is 2.24 bits per heavy atom. The summed E-state index contributed by atoms with van der Waals surface area (Å²) in [7, 11) is 3.93. The smallest absolute Gasteiger partial charge is 0.252 e. The predicted molar refractivity (Wildman–Crippen MR) is 67.7 cm³/mol. The molecule has 2 rings (SSSR count). The molecule has 0 saturated heterocycles. The van der Waals surface area contributed by atoms with Crippen LogP contribution in [0.25, 0.3) is 5.95 Å². The molecule has 2 aromatic rings. The average Bonchev–Trinajstić information content (AvgIpc) is 2.57. The predicted octanol–water partition coefficient (Wildman–Crippen LogP) is 1.65. The molecule has 0 amide bonds. The Hall–Kier alpha value is -1.91. The molecule has 0 aromatic carbocycles. The molecule has 0 spiro atoms. The molecule has 0 saturated carbocycles. The molecule has 5 nitrogen and oxygen atoms in total. The normalized spacial score (nSPS) is 10.6. The lowest BCUT2D eigenvalue weighted by Crippen LogP contribution is -2.14. The van der Waals surface area contributed by atoms with Crippen LogP contribution in [0, 0.1) is 20.8 Å². The average molecular weight is 231 g/mol. The summed E-state index contributed by atoms with van der Waals surface area (Å²) in [6.07, 6.45) is 0. The Morgan fingerprint density at radius 1 is 1.00 bits per heavy atom. The van der Waals surface area contributed by atoms with Gasteiger partial charge in [-0.1, -0.05) is 0 Å². The number of nitrogens with zero attached hydrogens (tertiary/aromatic N) is 5. The minimum absolute atomic E-state index is 0.624. The van der Waals surface area contributed by atoms with Crippen LogP contribution in [0.1, 0.15) is 17.1 Å². The number of hydrogen-bond donors (Lipinski definition) is 0. The van der Waals surface area contributed by atoms with Crippen molar-refractivity contribution >= 4 is 5.82 Å². The SMILES string of the molecule is Cc1cc(N(C)C)nc(-n2nc(C)cc2C)n1. The Bertz CT molecular complexity index is 542. The molecule has 90 valence electrons. The standard InChI is InChI=1S/C12H17N5/c1-8-7-11(16(4)5)14-12(13-8)17-10(3)6-9(2)15-17/h6-7H,1-5H3. The molecule has 2 aromatic heterocycles. The maximum Gasteiger partial charge on any atom is 0.252 e. The molecule has 5 heteroatoms. The topological polar surface area (TPSA) is 46.8 Å². The van der Waals surface area contributed by atoms with Gasteiger partial charge in [0, 0.05) is 31.5 Å². The number of rotatable bonds is 2. The van der Waals surface area contributed by atoms with Crippen LogP contribution in [0.2, 0.25) is 0 Å². The van der Waals surface area contributed by atoms with E-state index >= 15 is 0 Å². The van der Waals surface area contributed by atoms with Crippen LogP contribution in [0.4, 0.5) is 5.82 Å². The van der Waals surface area contributed by atoms with E-state index in [-0.39, 0.29) is 0 Å². The van der Waals surface area contributed by atoms with Gasteiger partial charge in [-0.15, -0.1) is 0 Å². The first-order valence-electron chi connectivity index (χ1n) is 5.54. The van der Waals surface area contributed by atoms with E-state index in [9.17, 15) is 0 Å². The van der Waals surface area contributed by atoms with Crippen molar-refractivity contribution in [3.8, 4) is 5.95 Å². The fourth-order valence-electron chi connectivity index (χ4n) is 1.69. The van der Waals surface area contributed by atoms with Gasteiger partial charge in [0.25, 0.3) is 5.95 Å². The molecule has 0 aliphatic rings. The summed E-state index contributed by atoms with van der Waals surface area (Å²) in [5.74, 6) is 1.51. The summed E-state index contributed by atoms with van der Waals surface area (Å²) < 4.78 is 1.77. The molecule has 0 N–H and O–H groups in total. The van der Waals surface area contributed by atoms with Gasteiger partial charge in [-0.05, 0) is 26.8 Å². The van der Waals surface area contributed by atoms with Gasteiger partial charge in [-0.2, -0.15) is 10.1 Å². The Kier molecular flexibility index (Phi) is 2.83. The van der Waals surface area contributed by atoms with Crippen LogP contribution < -0.4 is 4.90 Å². The minimum atomic E-state index is 0.624. The highest BCUT2D eigenvalue weighted by Crippen LogP contribution is 2.13. The van der Waals surface area contributed by atoms with Crippen molar-refractivity contribution in [3.63, 3.8) is 0 Å². The highest BCUT2D eigenvalue weighted by molar-refractivity contribution is 5.40. The third-order valence-electron chi connectivity index (χ3n) is 2.49. The fraction of sp³-hybridized carbons (Fsp3) is 0.417. The maximum atomic E-state index is 4.49. The van der Waals surface area contributed by atoms with E-state index in [1.54, 1.807) is 4.68 Å². The van der Waals surface area contributed by atoms with Gasteiger partial charge in [0.2, 0.25) is 0 Å². The zero-order chi connectivity index (χ0) is 12.6. The second-order valence-electron chi connectivity index (χ2n) is 4.40. The molecule has 0 fully saturated rings. The van der Waals surface area contributed by atoms with Gasteiger partial charge >= 0.3 is 0 Å². The van der Waals surface area contributed by atoms with E-state index in [0.717, 1.165) is 22.9 Å². The lowest BCUT2D eigenvalue weighted by Gasteiger charge is -2.13. The monoisotopic (exact) mass is 231 g/mol. The molecular formula is C12H17N5. The van der Waals surface area contributed by atoms with Gasteiger partial charge in [-0.3, -0.25) is 0 Å². The quantitative estimate of drug-likeness (QED) is 0.788. The Balaban J connectivity index is 2.55. The molecule has 2 heterocycles.